The quantitative estimate of drug-likeness (QED) is 0.314. The highest BCUT2D eigenvalue weighted by Gasteiger charge is 2.39. The van der Waals surface area contributed by atoms with Crippen LogP contribution in [0.1, 0.15) is 34.1 Å². The van der Waals surface area contributed by atoms with E-state index in [1.54, 1.807) is 23.6 Å². The van der Waals surface area contributed by atoms with Gasteiger partial charge in [-0.25, -0.2) is 15.4 Å². The number of fused-ring (bicyclic) bond motifs is 2. The van der Waals surface area contributed by atoms with Crippen LogP contribution in [0.4, 0.5) is 10.8 Å². The summed E-state index contributed by atoms with van der Waals surface area (Å²) in [4.78, 5) is 48.0. The number of carbonyl (C=O) groups is 2. The molecular formula is C29H29BrN6O4S. The molecule has 2 aliphatic heterocycles. The van der Waals surface area contributed by atoms with Crippen LogP contribution in [0.25, 0.3) is 10.2 Å². The lowest BCUT2D eigenvalue weighted by molar-refractivity contribution is -0.118. The molecule has 10 nitrogen and oxygen atoms in total. The summed E-state index contributed by atoms with van der Waals surface area (Å²) >= 11 is 4.76. The van der Waals surface area contributed by atoms with Crippen LogP contribution in [0.5, 0.6) is 0 Å². The normalized spacial score (nSPS) is 17.6. The fourth-order valence-electron chi connectivity index (χ4n) is 5.27. The molecule has 41 heavy (non-hydrogen) atoms. The lowest BCUT2D eigenvalue weighted by Gasteiger charge is -2.34. The maximum absolute atomic E-state index is 14.0. The van der Waals surface area contributed by atoms with Crippen molar-refractivity contribution in [2.24, 2.45) is 0 Å². The van der Waals surface area contributed by atoms with Crippen LogP contribution in [0.15, 0.2) is 63.9 Å². The summed E-state index contributed by atoms with van der Waals surface area (Å²) in [5.74, 6) is -0.748. The Balaban J connectivity index is 1.36. The van der Waals surface area contributed by atoms with Gasteiger partial charge in [-0.3, -0.25) is 19.3 Å². The molecule has 0 spiro atoms. The molecule has 1 atom stereocenters. The summed E-state index contributed by atoms with van der Waals surface area (Å²) in [6, 6.07) is 15.3. The second-order valence-electron chi connectivity index (χ2n) is 10.0. The van der Waals surface area contributed by atoms with Crippen molar-refractivity contribution in [2.75, 3.05) is 43.2 Å². The minimum Gasteiger partial charge on any atom is -0.379 e. The van der Waals surface area contributed by atoms with Crippen molar-refractivity contribution in [3.05, 3.63) is 86.2 Å². The second-order valence-corrected chi connectivity index (χ2v) is 11.9. The minimum absolute atomic E-state index is 0.243. The average molecular weight is 638 g/mol. The molecule has 2 amide bonds. The molecule has 4 aromatic rings. The number of carbonyl (C=O) groups excluding carboxylic acids is 2. The first-order valence-electron chi connectivity index (χ1n) is 13.5. The summed E-state index contributed by atoms with van der Waals surface area (Å²) in [6.07, 6.45) is 0.751. The number of halogens is 1. The topological polar surface area (TPSA) is 109 Å². The molecule has 12 heteroatoms. The van der Waals surface area contributed by atoms with Crippen molar-refractivity contribution in [3.63, 3.8) is 0 Å². The fourth-order valence-corrected chi connectivity index (χ4v) is 6.46. The SMILES string of the molecule is Cc1c2c(cc(=O)n1CCCN1CCOCC1)C(C(=O)Nc1ccc(Br)cc1)NN(c1nc3ccccc3s1)C2=O. The highest BCUT2D eigenvalue weighted by Crippen LogP contribution is 2.34. The van der Waals surface area contributed by atoms with E-state index >= 15 is 0 Å². The van der Waals surface area contributed by atoms with E-state index in [0.29, 0.717) is 47.4 Å². The minimum atomic E-state index is -0.993. The van der Waals surface area contributed by atoms with E-state index in [-0.39, 0.29) is 11.5 Å². The van der Waals surface area contributed by atoms with Crippen LogP contribution in [0.3, 0.4) is 0 Å². The third-order valence-electron chi connectivity index (χ3n) is 7.39. The van der Waals surface area contributed by atoms with Crippen LogP contribution in [0.2, 0.25) is 0 Å². The number of rotatable bonds is 7. The lowest BCUT2D eigenvalue weighted by Crippen LogP contribution is -2.54. The van der Waals surface area contributed by atoms with Gasteiger partial charge in [-0.1, -0.05) is 39.4 Å². The third kappa shape index (κ3) is 5.70. The van der Waals surface area contributed by atoms with Crippen LogP contribution < -0.4 is 21.3 Å². The van der Waals surface area contributed by atoms with Gasteiger partial charge in [-0.05, 0) is 49.7 Å². The predicted octanol–water partition coefficient (Wildman–Crippen LogP) is 4.10. The van der Waals surface area contributed by atoms with Gasteiger partial charge in [0, 0.05) is 53.7 Å². The zero-order valence-electron chi connectivity index (χ0n) is 22.4. The molecule has 1 unspecified atom stereocenters. The molecule has 0 bridgehead atoms. The third-order valence-corrected chi connectivity index (χ3v) is 8.94. The molecule has 0 aliphatic carbocycles. The Bertz CT molecular complexity index is 1630. The highest BCUT2D eigenvalue weighted by atomic mass is 79.9. The molecule has 0 saturated carbocycles. The van der Waals surface area contributed by atoms with Gasteiger partial charge in [-0.15, -0.1) is 0 Å². The number of hydrazine groups is 1. The van der Waals surface area contributed by atoms with Crippen LogP contribution in [0, 0.1) is 6.92 Å². The van der Waals surface area contributed by atoms with E-state index in [0.717, 1.165) is 40.7 Å². The summed E-state index contributed by atoms with van der Waals surface area (Å²) in [7, 11) is 0. The van der Waals surface area contributed by atoms with Gasteiger partial charge in [-0.2, -0.15) is 0 Å². The monoisotopic (exact) mass is 636 g/mol. The van der Waals surface area contributed by atoms with Gasteiger partial charge in [0.05, 0.1) is 29.0 Å². The molecular weight excluding hydrogens is 608 g/mol. The van der Waals surface area contributed by atoms with Crippen molar-refractivity contribution in [1.29, 1.82) is 0 Å². The zero-order chi connectivity index (χ0) is 28.5. The lowest BCUT2D eigenvalue weighted by atomic mass is 9.96. The molecule has 2 aromatic carbocycles. The van der Waals surface area contributed by atoms with E-state index < -0.39 is 11.9 Å². The molecule has 2 aromatic heterocycles. The number of nitrogens with one attached hydrogen (secondary N) is 2. The van der Waals surface area contributed by atoms with Crippen molar-refractivity contribution < 1.29 is 14.3 Å². The molecule has 0 radical (unpaired) electrons. The molecule has 1 saturated heterocycles. The largest absolute Gasteiger partial charge is 0.379 e. The Hall–Kier alpha value is -3.42. The number of nitrogens with zero attached hydrogens (tertiary/aromatic N) is 4. The fraction of sp³-hybridized carbons (Fsp3) is 0.310. The van der Waals surface area contributed by atoms with E-state index in [1.807, 2.05) is 36.4 Å². The smallest absolute Gasteiger partial charge is 0.276 e. The van der Waals surface area contributed by atoms with Gasteiger partial charge in [0.1, 0.15) is 6.04 Å². The number of thiazole rings is 1. The number of amides is 2. The van der Waals surface area contributed by atoms with Gasteiger partial charge in [0.2, 0.25) is 11.0 Å². The number of aromatic nitrogens is 2. The number of benzene rings is 2. The number of hydrogen-bond acceptors (Lipinski definition) is 8. The molecule has 2 aliphatic rings. The van der Waals surface area contributed by atoms with E-state index in [2.05, 4.69) is 36.6 Å². The first kappa shape index (κ1) is 27.7. The Kier molecular flexibility index (Phi) is 8.00. The number of pyridine rings is 1. The van der Waals surface area contributed by atoms with Gasteiger partial charge >= 0.3 is 0 Å². The van der Waals surface area contributed by atoms with E-state index in [4.69, 9.17) is 4.74 Å². The number of anilines is 2. The first-order chi connectivity index (χ1) is 19.9. The predicted molar refractivity (Wildman–Crippen MR) is 162 cm³/mol. The van der Waals surface area contributed by atoms with Crippen LogP contribution in [-0.2, 0) is 16.1 Å². The summed E-state index contributed by atoms with van der Waals surface area (Å²) in [5.41, 5.74) is 5.41. The number of ether oxygens (including phenoxy) is 1. The Morgan fingerprint density at radius 2 is 1.88 bits per heavy atom. The molecule has 2 N–H and O–H groups in total. The van der Waals surface area contributed by atoms with Crippen molar-refractivity contribution in [2.45, 2.75) is 25.9 Å². The molecule has 212 valence electrons. The highest BCUT2D eigenvalue weighted by molar-refractivity contribution is 9.10. The number of morpholine rings is 1. The first-order valence-corrected chi connectivity index (χ1v) is 15.1. The second kappa shape index (κ2) is 11.8. The number of hydrogen-bond donors (Lipinski definition) is 2. The van der Waals surface area contributed by atoms with Crippen molar-refractivity contribution >= 4 is 60.1 Å². The van der Waals surface area contributed by atoms with Crippen molar-refractivity contribution in [3.8, 4) is 0 Å². The van der Waals surface area contributed by atoms with Crippen molar-refractivity contribution in [1.82, 2.24) is 19.9 Å². The summed E-state index contributed by atoms with van der Waals surface area (Å²) in [5, 5.41) is 4.68. The Morgan fingerprint density at radius 1 is 1.12 bits per heavy atom. The standard InChI is InChI=1S/C29H29BrN6O4S/c1-18-25-21(17-24(37)35(18)12-4-11-34-13-15-40-16-14-34)26(27(38)31-20-9-7-19(30)8-10-20)33-36(28(25)39)29-32-22-5-2-3-6-23(22)41-29/h2-3,5-10,17,26,33H,4,11-16H2,1H3,(H,31,38). The van der Waals surface area contributed by atoms with Gasteiger partial charge in [0.15, 0.2) is 0 Å². The average Bonchev–Trinajstić information content (AvgIpc) is 3.40. The number of para-hydroxylation sites is 1. The molecule has 1 fully saturated rings. The Morgan fingerprint density at radius 3 is 2.63 bits per heavy atom. The zero-order valence-corrected chi connectivity index (χ0v) is 24.8. The Labute approximate surface area is 249 Å². The van der Waals surface area contributed by atoms with Gasteiger partial charge in [0.25, 0.3) is 11.5 Å². The maximum Gasteiger partial charge on any atom is 0.276 e. The van der Waals surface area contributed by atoms with E-state index in [9.17, 15) is 14.4 Å². The maximum atomic E-state index is 14.0. The molecule has 6 rings (SSSR count). The van der Waals surface area contributed by atoms with Crippen LogP contribution >= 0.6 is 27.3 Å². The van der Waals surface area contributed by atoms with Gasteiger partial charge < -0.3 is 14.6 Å². The molecule has 4 heterocycles. The van der Waals surface area contributed by atoms with E-state index in [1.165, 1.54) is 22.4 Å². The van der Waals surface area contributed by atoms with Crippen LogP contribution in [-0.4, -0.2) is 59.1 Å². The summed E-state index contributed by atoms with van der Waals surface area (Å²) < 4.78 is 8.88. The summed E-state index contributed by atoms with van der Waals surface area (Å²) in [6.45, 7) is 6.24.